The molecule has 0 saturated carbocycles. The zero-order valence-electron chi connectivity index (χ0n) is 11.2. The molecule has 0 aromatic rings. The molecule has 0 spiro atoms. The number of carbonyl (C=O) groups excluding carboxylic acids is 1. The zero-order chi connectivity index (χ0) is 12.5. The van der Waals surface area contributed by atoms with Gasteiger partial charge in [0.2, 0.25) is 0 Å². The van der Waals surface area contributed by atoms with Gasteiger partial charge in [-0.2, -0.15) is 0 Å². The SMILES string of the molecule is CCCC(C)COC(=O)CN1CCCNCC1. The molecule has 4 nitrogen and oxygen atoms in total. The molecule has 0 aromatic carbocycles. The molecule has 0 aromatic heterocycles. The molecule has 1 rings (SSSR count). The molecule has 17 heavy (non-hydrogen) atoms. The molecule has 0 aliphatic carbocycles. The maximum atomic E-state index is 11.6. The Hall–Kier alpha value is -0.610. The van der Waals surface area contributed by atoms with Crippen LogP contribution in [0.2, 0.25) is 0 Å². The molecule has 1 fully saturated rings. The van der Waals surface area contributed by atoms with E-state index in [2.05, 4.69) is 24.1 Å². The highest BCUT2D eigenvalue weighted by molar-refractivity contribution is 5.71. The van der Waals surface area contributed by atoms with Crippen LogP contribution in [-0.2, 0) is 9.53 Å². The van der Waals surface area contributed by atoms with Crippen molar-refractivity contribution in [2.45, 2.75) is 33.1 Å². The number of nitrogens with zero attached hydrogens (tertiary/aromatic N) is 1. The number of ether oxygens (including phenoxy) is 1. The van der Waals surface area contributed by atoms with Gasteiger partial charge < -0.3 is 10.1 Å². The number of hydrogen-bond donors (Lipinski definition) is 1. The smallest absolute Gasteiger partial charge is 0.320 e. The third kappa shape index (κ3) is 6.64. The Balaban J connectivity index is 2.14. The first-order chi connectivity index (χ1) is 8.22. The van der Waals surface area contributed by atoms with Crippen molar-refractivity contribution in [1.29, 1.82) is 0 Å². The van der Waals surface area contributed by atoms with Gasteiger partial charge in [0.05, 0.1) is 13.2 Å². The van der Waals surface area contributed by atoms with Gasteiger partial charge in [0, 0.05) is 13.1 Å². The Morgan fingerprint density at radius 1 is 1.41 bits per heavy atom. The van der Waals surface area contributed by atoms with E-state index in [0.717, 1.165) is 45.4 Å². The lowest BCUT2D eigenvalue weighted by molar-refractivity contribution is -0.146. The van der Waals surface area contributed by atoms with Crippen molar-refractivity contribution in [3.05, 3.63) is 0 Å². The number of esters is 1. The minimum atomic E-state index is -0.0742. The monoisotopic (exact) mass is 242 g/mol. The molecule has 1 heterocycles. The van der Waals surface area contributed by atoms with Crippen LogP contribution >= 0.6 is 0 Å². The number of hydrogen-bond acceptors (Lipinski definition) is 4. The number of rotatable bonds is 6. The van der Waals surface area contributed by atoms with Crippen molar-refractivity contribution in [3.63, 3.8) is 0 Å². The quantitative estimate of drug-likeness (QED) is 0.712. The topological polar surface area (TPSA) is 41.6 Å². The first-order valence-corrected chi connectivity index (χ1v) is 6.81. The first kappa shape index (κ1) is 14.5. The van der Waals surface area contributed by atoms with E-state index in [1.807, 2.05) is 0 Å². The summed E-state index contributed by atoms with van der Waals surface area (Å²) in [6.07, 6.45) is 3.39. The fourth-order valence-electron chi connectivity index (χ4n) is 2.10. The van der Waals surface area contributed by atoms with E-state index in [1.54, 1.807) is 0 Å². The average Bonchev–Trinajstić information content (AvgIpc) is 2.55. The van der Waals surface area contributed by atoms with Gasteiger partial charge in [0.25, 0.3) is 0 Å². The van der Waals surface area contributed by atoms with Crippen molar-refractivity contribution in [1.82, 2.24) is 10.2 Å². The molecule has 0 radical (unpaired) electrons. The summed E-state index contributed by atoms with van der Waals surface area (Å²) >= 11 is 0. The van der Waals surface area contributed by atoms with Crippen molar-refractivity contribution in [2.24, 2.45) is 5.92 Å². The van der Waals surface area contributed by atoms with Gasteiger partial charge in [-0.25, -0.2) is 0 Å². The second-order valence-electron chi connectivity index (χ2n) is 4.96. The maximum Gasteiger partial charge on any atom is 0.320 e. The van der Waals surface area contributed by atoms with Gasteiger partial charge in [-0.05, 0) is 31.8 Å². The first-order valence-electron chi connectivity index (χ1n) is 6.81. The number of carbonyl (C=O) groups is 1. The molecule has 1 aliphatic rings. The minimum Gasteiger partial charge on any atom is -0.464 e. The Morgan fingerprint density at radius 2 is 2.24 bits per heavy atom. The molecular formula is C13H26N2O2. The lowest BCUT2D eigenvalue weighted by Gasteiger charge is -2.19. The summed E-state index contributed by atoms with van der Waals surface area (Å²) in [5.74, 6) is 0.407. The highest BCUT2D eigenvalue weighted by Gasteiger charge is 2.14. The van der Waals surface area contributed by atoms with Crippen LogP contribution in [-0.4, -0.2) is 50.2 Å². The Labute approximate surface area is 105 Å². The standard InChI is InChI=1S/C13H26N2O2/c1-3-5-12(2)11-17-13(16)10-15-8-4-6-14-7-9-15/h12,14H,3-11H2,1-2H3. The number of nitrogens with one attached hydrogen (secondary N) is 1. The van der Waals surface area contributed by atoms with Gasteiger partial charge in [-0.15, -0.1) is 0 Å². The van der Waals surface area contributed by atoms with Crippen molar-refractivity contribution < 1.29 is 9.53 Å². The Bertz CT molecular complexity index is 213. The molecule has 1 saturated heterocycles. The summed E-state index contributed by atoms with van der Waals surface area (Å²) in [6.45, 7) is 9.26. The lowest BCUT2D eigenvalue weighted by atomic mass is 10.1. The molecule has 1 unspecified atom stereocenters. The fourth-order valence-corrected chi connectivity index (χ4v) is 2.10. The molecule has 1 aliphatic heterocycles. The third-order valence-corrected chi connectivity index (χ3v) is 3.10. The van der Waals surface area contributed by atoms with Gasteiger partial charge in [0.15, 0.2) is 0 Å². The van der Waals surface area contributed by atoms with Crippen LogP contribution in [0.3, 0.4) is 0 Å². The lowest BCUT2D eigenvalue weighted by Crippen LogP contribution is -2.34. The molecule has 0 bridgehead atoms. The van der Waals surface area contributed by atoms with Crippen molar-refractivity contribution in [2.75, 3.05) is 39.3 Å². The van der Waals surface area contributed by atoms with E-state index in [-0.39, 0.29) is 5.97 Å². The predicted octanol–water partition coefficient (Wildman–Crippen LogP) is 1.26. The van der Waals surface area contributed by atoms with E-state index < -0.39 is 0 Å². The summed E-state index contributed by atoms with van der Waals surface area (Å²) < 4.78 is 5.30. The molecular weight excluding hydrogens is 216 g/mol. The van der Waals surface area contributed by atoms with Crippen LogP contribution in [0.5, 0.6) is 0 Å². The van der Waals surface area contributed by atoms with E-state index in [0.29, 0.717) is 19.1 Å². The zero-order valence-corrected chi connectivity index (χ0v) is 11.2. The molecule has 1 N–H and O–H groups in total. The van der Waals surface area contributed by atoms with Gasteiger partial charge in [-0.1, -0.05) is 20.3 Å². The largest absolute Gasteiger partial charge is 0.464 e. The van der Waals surface area contributed by atoms with Crippen molar-refractivity contribution >= 4 is 5.97 Å². The molecule has 0 amide bonds. The second kappa shape index (κ2) is 8.48. The highest BCUT2D eigenvalue weighted by atomic mass is 16.5. The van der Waals surface area contributed by atoms with Crippen LogP contribution in [0, 0.1) is 5.92 Å². The fraction of sp³-hybridized carbons (Fsp3) is 0.923. The molecule has 4 heteroatoms. The van der Waals surface area contributed by atoms with Gasteiger partial charge in [-0.3, -0.25) is 9.69 Å². The minimum absolute atomic E-state index is 0.0742. The van der Waals surface area contributed by atoms with Crippen LogP contribution < -0.4 is 5.32 Å². The maximum absolute atomic E-state index is 11.6. The average molecular weight is 242 g/mol. The van der Waals surface area contributed by atoms with E-state index in [1.165, 1.54) is 0 Å². The van der Waals surface area contributed by atoms with Crippen LogP contribution in [0.25, 0.3) is 0 Å². The summed E-state index contributed by atoms with van der Waals surface area (Å²) in [5, 5.41) is 3.32. The van der Waals surface area contributed by atoms with Gasteiger partial charge >= 0.3 is 5.97 Å². The Kier molecular flexibility index (Phi) is 7.21. The van der Waals surface area contributed by atoms with Crippen molar-refractivity contribution in [3.8, 4) is 0 Å². The molecule has 100 valence electrons. The Morgan fingerprint density at radius 3 is 3.00 bits per heavy atom. The molecule has 1 atom stereocenters. The van der Waals surface area contributed by atoms with Gasteiger partial charge in [0.1, 0.15) is 0 Å². The van der Waals surface area contributed by atoms with E-state index >= 15 is 0 Å². The second-order valence-corrected chi connectivity index (χ2v) is 4.96. The summed E-state index contributed by atoms with van der Waals surface area (Å²) in [4.78, 5) is 13.8. The van der Waals surface area contributed by atoms with Crippen LogP contribution in [0.4, 0.5) is 0 Å². The summed E-state index contributed by atoms with van der Waals surface area (Å²) in [6, 6.07) is 0. The van der Waals surface area contributed by atoms with E-state index in [9.17, 15) is 4.79 Å². The summed E-state index contributed by atoms with van der Waals surface area (Å²) in [7, 11) is 0. The third-order valence-electron chi connectivity index (χ3n) is 3.10. The highest BCUT2D eigenvalue weighted by Crippen LogP contribution is 2.05. The van der Waals surface area contributed by atoms with Crippen LogP contribution in [0.15, 0.2) is 0 Å². The van der Waals surface area contributed by atoms with E-state index in [4.69, 9.17) is 4.74 Å². The normalized spacial score (nSPS) is 19.6. The predicted molar refractivity (Wildman–Crippen MR) is 69.0 cm³/mol. The summed E-state index contributed by atoms with van der Waals surface area (Å²) in [5.41, 5.74) is 0. The van der Waals surface area contributed by atoms with Crippen LogP contribution in [0.1, 0.15) is 33.1 Å².